The summed E-state index contributed by atoms with van der Waals surface area (Å²) in [4.78, 5) is 2.43. The molecule has 2 rings (SSSR count). The van der Waals surface area contributed by atoms with E-state index in [4.69, 9.17) is 22.1 Å². The molecule has 1 aliphatic rings. The van der Waals surface area contributed by atoms with Gasteiger partial charge in [0.1, 0.15) is 0 Å². The van der Waals surface area contributed by atoms with Gasteiger partial charge in [-0.2, -0.15) is 0 Å². The number of nitrogens with two attached hydrogens (primary N) is 1. The maximum atomic E-state index is 6.39. The van der Waals surface area contributed by atoms with Crippen LogP contribution >= 0.6 is 11.6 Å². The molecule has 0 saturated carbocycles. The molecule has 2 N–H and O–H groups in total. The number of ether oxygens (including phenoxy) is 1. The van der Waals surface area contributed by atoms with E-state index in [1.54, 1.807) is 0 Å². The monoisotopic (exact) mass is 296 g/mol. The zero-order valence-electron chi connectivity index (χ0n) is 12.6. The van der Waals surface area contributed by atoms with Gasteiger partial charge in [-0.25, -0.2) is 0 Å². The lowest BCUT2D eigenvalue weighted by atomic mass is 9.94. The van der Waals surface area contributed by atoms with Crippen LogP contribution in [-0.4, -0.2) is 36.2 Å². The van der Waals surface area contributed by atoms with Crippen LogP contribution in [0.2, 0.25) is 5.02 Å². The Kier molecular flexibility index (Phi) is 5.08. The Morgan fingerprint density at radius 2 is 2.20 bits per heavy atom. The summed E-state index contributed by atoms with van der Waals surface area (Å²) in [6, 6.07) is 8.35. The highest BCUT2D eigenvalue weighted by atomic mass is 35.5. The first-order valence-electron chi connectivity index (χ1n) is 7.32. The number of hydrogen-bond acceptors (Lipinski definition) is 3. The van der Waals surface area contributed by atoms with Gasteiger partial charge in [-0.1, -0.05) is 30.7 Å². The van der Waals surface area contributed by atoms with Gasteiger partial charge in [-0.3, -0.25) is 4.90 Å². The van der Waals surface area contributed by atoms with Crippen molar-refractivity contribution in [1.29, 1.82) is 0 Å². The smallest absolute Gasteiger partial charge is 0.0753 e. The molecule has 1 fully saturated rings. The van der Waals surface area contributed by atoms with Gasteiger partial charge in [0.2, 0.25) is 0 Å². The fourth-order valence-electron chi connectivity index (χ4n) is 2.93. The first-order chi connectivity index (χ1) is 9.43. The molecule has 0 bridgehead atoms. The van der Waals surface area contributed by atoms with Crippen molar-refractivity contribution in [3.63, 3.8) is 0 Å². The van der Waals surface area contributed by atoms with Crippen LogP contribution in [0.1, 0.15) is 38.8 Å². The zero-order chi connectivity index (χ0) is 14.8. The number of morpholine rings is 1. The number of benzene rings is 1. The normalized spacial score (nSPS) is 22.4. The molecule has 0 aromatic heterocycles. The highest BCUT2D eigenvalue weighted by molar-refractivity contribution is 6.30. The number of nitrogens with zero attached hydrogens (tertiary/aromatic N) is 1. The third-order valence-corrected chi connectivity index (χ3v) is 4.15. The van der Waals surface area contributed by atoms with Crippen LogP contribution in [0.5, 0.6) is 0 Å². The maximum absolute atomic E-state index is 6.39. The van der Waals surface area contributed by atoms with Crippen LogP contribution in [0.25, 0.3) is 0 Å². The Bertz CT molecular complexity index is 450. The minimum absolute atomic E-state index is 0.0994. The molecular weight excluding hydrogens is 272 g/mol. The molecule has 1 aromatic carbocycles. The first-order valence-corrected chi connectivity index (χ1v) is 7.70. The molecule has 0 amide bonds. The van der Waals surface area contributed by atoms with Crippen LogP contribution in [0.4, 0.5) is 0 Å². The molecule has 1 saturated heterocycles. The van der Waals surface area contributed by atoms with Crippen molar-refractivity contribution in [1.82, 2.24) is 4.90 Å². The van der Waals surface area contributed by atoms with E-state index in [9.17, 15) is 0 Å². The van der Waals surface area contributed by atoms with Crippen molar-refractivity contribution < 1.29 is 4.74 Å². The lowest BCUT2D eigenvalue weighted by Crippen LogP contribution is -2.53. The van der Waals surface area contributed by atoms with Gasteiger partial charge in [0, 0.05) is 24.2 Å². The Morgan fingerprint density at radius 1 is 1.45 bits per heavy atom. The molecule has 4 heteroatoms. The molecule has 1 aliphatic heterocycles. The predicted octanol–water partition coefficient (Wildman–Crippen LogP) is 3.23. The molecule has 1 aromatic rings. The van der Waals surface area contributed by atoms with Crippen LogP contribution in [0.15, 0.2) is 24.3 Å². The molecular formula is C16H25ClN2O. The molecule has 112 valence electrons. The molecule has 1 heterocycles. The van der Waals surface area contributed by atoms with E-state index >= 15 is 0 Å². The third-order valence-electron chi connectivity index (χ3n) is 3.92. The largest absolute Gasteiger partial charge is 0.373 e. The SMILES string of the molecule is CCC(N)C(c1cccc(Cl)c1)N1CCOC(C)(C)C1. The minimum atomic E-state index is -0.122. The summed E-state index contributed by atoms with van der Waals surface area (Å²) in [6.07, 6.45) is 0.939. The average Bonchev–Trinajstić information content (AvgIpc) is 2.38. The van der Waals surface area contributed by atoms with Crippen molar-refractivity contribution in [3.8, 4) is 0 Å². The standard InChI is InChI=1S/C16H25ClN2O/c1-4-14(18)15(12-6-5-7-13(17)10-12)19-8-9-20-16(2,3)11-19/h5-7,10,14-15H,4,8-9,11,18H2,1-3H3. The van der Waals surface area contributed by atoms with E-state index in [0.29, 0.717) is 0 Å². The molecule has 0 radical (unpaired) electrons. The van der Waals surface area contributed by atoms with Crippen LogP contribution < -0.4 is 5.73 Å². The third kappa shape index (κ3) is 3.73. The van der Waals surface area contributed by atoms with Gasteiger partial charge in [0.15, 0.2) is 0 Å². The summed E-state index contributed by atoms with van der Waals surface area (Å²) in [6.45, 7) is 8.94. The molecule has 0 aliphatic carbocycles. The molecule has 0 spiro atoms. The van der Waals surface area contributed by atoms with Gasteiger partial charge >= 0.3 is 0 Å². The van der Waals surface area contributed by atoms with E-state index in [1.807, 2.05) is 18.2 Å². The molecule has 3 nitrogen and oxygen atoms in total. The van der Waals surface area contributed by atoms with Crippen molar-refractivity contribution in [2.75, 3.05) is 19.7 Å². The summed E-state index contributed by atoms with van der Waals surface area (Å²) < 4.78 is 5.81. The summed E-state index contributed by atoms with van der Waals surface area (Å²) >= 11 is 6.15. The summed E-state index contributed by atoms with van der Waals surface area (Å²) in [5, 5.41) is 0.767. The van der Waals surface area contributed by atoms with E-state index in [0.717, 1.165) is 31.1 Å². The van der Waals surface area contributed by atoms with E-state index in [-0.39, 0.29) is 17.7 Å². The van der Waals surface area contributed by atoms with Crippen molar-refractivity contribution in [2.24, 2.45) is 5.73 Å². The second-order valence-corrected chi connectivity index (χ2v) is 6.59. The Hall–Kier alpha value is -0.610. The summed E-state index contributed by atoms with van der Waals surface area (Å²) in [5.74, 6) is 0. The summed E-state index contributed by atoms with van der Waals surface area (Å²) in [7, 11) is 0. The van der Waals surface area contributed by atoms with Crippen LogP contribution in [0.3, 0.4) is 0 Å². The molecule has 2 unspecified atom stereocenters. The van der Waals surface area contributed by atoms with Gasteiger partial charge in [-0.05, 0) is 38.0 Å². The lowest BCUT2D eigenvalue weighted by Gasteiger charge is -2.44. The molecule has 20 heavy (non-hydrogen) atoms. The fourth-order valence-corrected chi connectivity index (χ4v) is 3.13. The van der Waals surface area contributed by atoms with Gasteiger partial charge < -0.3 is 10.5 Å². The van der Waals surface area contributed by atoms with Gasteiger partial charge in [0.25, 0.3) is 0 Å². The Morgan fingerprint density at radius 3 is 2.80 bits per heavy atom. The number of halogens is 1. The first kappa shape index (κ1) is 15.8. The predicted molar refractivity (Wildman–Crippen MR) is 84.1 cm³/mol. The second kappa shape index (κ2) is 6.44. The van der Waals surface area contributed by atoms with E-state index in [2.05, 4.69) is 31.7 Å². The minimum Gasteiger partial charge on any atom is -0.373 e. The number of rotatable bonds is 4. The average molecular weight is 297 g/mol. The maximum Gasteiger partial charge on any atom is 0.0753 e. The second-order valence-electron chi connectivity index (χ2n) is 6.15. The summed E-state index contributed by atoms with van der Waals surface area (Å²) in [5.41, 5.74) is 7.47. The lowest BCUT2D eigenvalue weighted by molar-refractivity contribution is -0.100. The van der Waals surface area contributed by atoms with Crippen molar-refractivity contribution in [2.45, 2.75) is 44.9 Å². The van der Waals surface area contributed by atoms with E-state index < -0.39 is 0 Å². The Balaban J connectivity index is 2.28. The van der Waals surface area contributed by atoms with Crippen LogP contribution in [0, 0.1) is 0 Å². The van der Waals surface area contributed by atoms with Crippen molar-refractivity contribution >= 4 is 11.6 Å². The van der Waals surface area contributed by atoms with Crippen molar-refractivity contribution in [3.05, 3.63) is 34.9 Å². The topological polar surface area (TPSA) is 38.5 Å². The van der Waals surface area contributed by atoms with E-state index in [1.165, 1.54) is 5.56 Å². The number of hydrogen-bond donors (Lipinski definition) is 1. The quantitative estimate of drug-likeness (QED) is 0.927. The Labute approximate surface area is 127 Å². The van der Waals surface area contributed by atoms with Gasteiger partial charge in [-0.15, -0.1) is 0 Å². The highest BCUT2D eigenvalue weighted by Crippen LogP contribution is 2.30. The van der Waals surface area contributed by atoms with Gasteiger partial charge in [0.05, 0.1) is 18.2 Å². The zero-order valence-corrected chi connectivity index (χ0v) is 13.4. The fraction of sp³-hybridized carbons (Fsp3) is 0.625. The highest BCUT2D eigenvalue weighted by Gasteiger charge is 2.34. The van der Waals surface area contributed by atoms with Crippen LogP contribution in [-0.2, 0) is 4.74 Å². The molecule has 2 atom stereocenters.